The Hall–Kier alpha value is -4.58. The Morgan fingerprint density at radius 1 is 1.08 bits per heavy atom. The van der Waals surface area contributed by atoms with E-state index in [1.807, 2.05) is 0 Å². The molecule has 0 radical (unpaired) electrons. The molecule has 2 aromatic carbocycles. The van der Waals surface area contributed by atoms with E-state index in [1.165, 1.54) is 47.2 Å². The summed E-state index contributed by atoms with van der Waals surface area (Å²) in [5, 5.41) is 18.8. The highest BCUT2D eigenvalue weighted by Crippen LogP contribution is 2.47. The van der Waals surface area contributed by atoms with Crippen LogP contribution in [0.15, 0.2) is 55.0 Å². The lowest BCUT2D eigenvalue weighted by Gasteiger charge is -2.16. The van der Waals surface area contributed by atoms with Gasteiger partial charge in [0.15, 0.2) is 11.6 Å². The van der Waals surface area contributed by atoms with Gasteiger partial charge >= 0.3 is 0 Å². The topological polar surface area (TPSA) is 127 Å². The van der Waals surface area contributed by atoms with E-state index >= 15 is 4.39 Å². The molecule has 5 rings (SSSR count). The highest BCUT2D eigenvalue weighted by Gasteiger charge is 2.56. The number of nitrogens with zero attached hydrogens (tertiary/aromatic N) is 3. The Kier molecular flexibility index (Phi) is 6.87. The van der Waals surface area contributed by atoms with Gasteiger partial charge in [-0.05, 0) is 63.1 Å². The average Bonchev–Trinajstić information content (AvgIpc) is 3.65. The molecular formula is C27H25F2N5O5. The van der Waals surface area contributed by atoms with Gasteiger partial charge in [-0.1, -0.05) is 0 Å². The molecule has 1 atom stereocenters. The van der Waals surface area contributed by atoms with Crippen LogP contribution in [-0.2, 0) is 9.59 Å². The predicted molar refractivity (Wildman–Crippen MR) is 137 cm³/mol. The van der Waals surface area contributed by atoms with Crippen molar-refractivity contribution in [3.05, 3.63) is 72.2 Å². The van der Waals surface area contributed by atoms with E-state index in [4.69, 9.17) is 9.47 Å². The number of hydrogen-bond donors (Lipinski definition) is 3. The second-order valence-corrected chi connectivity index (χ2v) is 9.38. The molecule has 1 saturated carbocycles. The molecule has 2 amide bonds. The Balaban J connectivity index is 1.29. The number of amides is 2. The highest BCUT2D eigenvalue weighted by atomic mass is 19.1. The van der Waals surface area contributed by atoms with E-state index in [9.17, 15) is 19.1 Å². The SMILES string of the molecule is Cc1c(OC[C@H](C)O)cn2ncnc(Oc3ccc(NC(=O)C4(C(=O)Nc5ccc(F)cc5)CC4)cc3F)c12. The number of ether oxygens (including phenoxy) is 2. The second kappa shape index (κ2) is 10.3. The van der Waals surface area contributed by atoms with E-state index in [0.29, 0.717) is 35.4 Å². The normalized spacial score (nSPS) is 14.5. The third-order valence-electron chi connectivity index (χ3n) is 6.34. The minimum absolute atomic E-state index is 0.0817. The lowest BCUT2D eigenvalue weighted by atomic mass is 10.0. The standard InChI is InChI=1S/C27H25F2N5O5/c1-15(35)13-38-22-12-34-23(16(22)2)24(30-14-31-34)39-21-8-7-19(11-20(21)29)33-26(37)27(9-10-27)25(36)32-18-5-3-17(28)4-6-18/h3-8,11-12,14-15,35H,9-10,13H2,1-2H3,(H,32,36)(H,33,37)/t15-/m0/s1. The molecule has 202 valence electrons. The molecule has 1 aliphatic rings. The maximum Gasteiger partial charge on any atom is 0.247 e. The van der Waals surface area contributed by atoms with Crippen molar-refractivity contribution in [2.45, 2.75) is 32.8 Å². The zero-order chi connectivity index (χ0) is 27.7. The number of aliphatic hydroxyl groups excluding tert-OH is 1. The van der Waals surface area contributed by atoms with Gasteiger partial charge in [0.1, 0.15) is 35.4 Å². The molecule has 2 heterocycles. The molecule has 12 heteroatoms. The van der Waals surface area contributed by atoms with E-state index in [0.717, 1.165) is 6.07 Å². The van der Waals surface area contributed by atoms with Crippen molar-refractivity contribution in [2.75, 3.05) is 17.2 Å². The van der Waals surface area contributed by atoms with Crippen LogP contribution < -0.4 is 20.1 Å². The number of benzene rings is 2. The first kappa shape index (κ1) is 26.0. The molecule has 3 N–H and O–H groups in total. The summed E-state index contributed by atoms with van der Waals surface area (Å²) in [5.74, 6) is -1.88. The van der Waals surface area contributed by atoms with Gasteiger partial charge in [0.05, 0.1) is 12.3 Å². The van der Waals surface area contributed by atoms with Gasteiger partial charge in [0.2, 0.25) is 17.7 Å². The minimum Gasteiger partial charge on any atom is -0.489 e. The lowest BCUT2D eigenvalue weighted by Crippen LogP contribution is -2.35. The number of nitrogens with one attached hydrogen (secondary N) is 2. The average molecular weight is 538 g/mol. The summed E-state index contributed by atoms with van der Waals surface area (Å²) >= 11 is 0. The number of carbonyl (C=O) groups excluding carboxylic acids is 2. The van der Waals surface area contributed by atoms with Crippen molar-refractivity contribution in [3.8, 4) is 17.4 Å². The summed E-state index contributed by atoms with van der Waals surface area (Å²) in [6, 6.07) is 9.09. The molecule has 4 aromatic rings. The first-order valence-electron chi connectivity index (χ1n) is 12.2. The Bertz CT molecular complexity index is 1550. The molecular weight excluding hydrogens is 512 g/mol. The predicted octanol–water partition coefficient (Wildman–Crippen LogP) is 4.23. The van der Waals surface area contributed by atoms with Gasteiger partial charge in [-0.25, -0.2) is 13.3 Å². The number of hydrogen-bond acceptors (Lipinski definition) is 7. The van der Waals surface area contributed by atoms with Crippen LogP contribution in [0.4, 0.5) is 20.2 Å². The van der Waals surface area contributed by atoms with Crippen LogP contribution in [0.3, 0.4) is 0 Å². The Morgan fingerprint density at radius 2 is 1.74 bits per heavy atom. The van der Waals surface area contributed by atoms with Gasteiger partial charge in [0, 0.05) is 23.0 Å². The van der Waals surface area contributed by atoms with E-state index in [2.05, 4.69) is 20.7 Å². The summed E-state index contributed by atoms with van der Waals surface area (Å²) in [6.45, 7) is 3.44. The fraction of sp³-hybridized carbons (Fsp3) is 0.259. The van der Waals surface area contributed by atoms with Gasteiger partial charge in [-0.2, -0.15) is 10.1 Å². The number of rotatable bonds is 9. The number of aromatic nitrogens is 3. The number of halogens is 2. The second-order valence-electron chi connectivity index (χ2n) is 9.38. The van der Waals surface area contributed by atoms with Crippen LogP contribution in [-0.4, -0.2) is 44.2 Å². The van der Waals surface area contributed by atoms with Crippen molar-refractivity contribution in [2.24, 2.45) is 5.41 Å². The van der Waals surface area contributed by atoms with E-state index in [1.54, 1.807) is 20.0 Å². The Morgan fingerprint density at radius 3 is 2.38 bits per heavy atom. The molecule has 39 heavy (non-hydrogen) atoms. The van der Waals surface area contributed by atoms with Crippen LogP contribution in [0.5, 0.6) is 17.4 Å². The monoisotopic (exact) mass is 537 g/mol. The quantitative estimate of drug-likeness (QED) is 0.273. The molecule has 1 aliphatic carbocycles. The first-order valence-corrected chi connectivity index (χ1v) is 12.2. The zero-order valence-corrected chi connectivity index (χ0v) is 21.1. The largest absolute Gasteiger partial charge is 0.489 e. The van der Waals surface area contributed by atoms with Gasteiger partial charge < -0.3 is 25.2 Å². The fourth-order valence-corrected chi connectivity index (χ4v) is 4.02. The van der Waals surface area contributed by atoms with Crippen molar-refractivity contribution in [1.29, 1.82) is 0 Å². The van der Waals surface area contributed by atoms with Crippen LogP contribution in [0.1, 0.15) is 25.3 Å². The molecule has 2 aromatic heterocycles. The van der Waals surface area contributed by atoms with Crippen molar-refractivity contribution >= 4 is 28.7 Å². The molecule has 0 saturated heterocycles. The molecule has 0 spiro atoms. The number of carbonyl (C=O) groups is 2. The van der Waals surface area contributed by atoms with Crippen LogP contribution >= 0.6 is 0 Å². The van der Waals surface area contributed by atoms with E-state index in [-0.39, 0.29) is 23.9 Å². The molecule has 0 aliphatic heterocycles. The van der Waals surface area contributed by atoms with Crippen LogP contribution in [0.2, 0.25) is 0 Å². The van der Waals surface area contributed by atoms with Crippen molar-refractivity contribution in [3.63, 3.8) is 0 Å². The number of fused-ring (bicyclic) bond motifs is 1. The minimum atomic E-state index is -1.28. The van der Waals surface area contributed by atoms with E-state index < -0.39 is 35.0 Å². The third-order valence-corrected chi connectivity index (χ3v) is 6.34. The van der Waals surface area contributed by atoms with Gasteiger partial charge in [-0.3, -0.25) is 9.59 Å². The third kappa shape index (κ3) is 5.36. The summed E-state index contributed by atoms with van der Waals surface area (Å²) < 4.78 is 41.0. The fourth-order valence-electron chi connectivity index (χ4n) is 4.02. The summed E-state index contributed by atoms with van der Waals surface area (Å²) in [4.78, 5) is 29.8. The number of aryl methyl sites for hydroxylation is 1. The maximum atomic E-state index is 15.0. The van der Waals surface area contributed by atoms with Crippen molar-refractivity contribution < 1.29 is 33.0 Å². The lowest BCUT2D eigenvalue weighted by molar-refractivity contribution is -0.131. The zero-order valence-electron chi connectivity index (χ0n) is 21.1. The van der Waals surface area contributed by atoms with Crippen LogP contribution in [0, 0.1) is 24.0 Å². The van der Waals surface area contributed by atoms with Crippen molar-refractivity contribution in [1.82, 2.24) is 14.6 Å². The maximum absolute atomic E-state index is 15.0. The first-order chi connectivity index (χ1) is 18.7. The smallest absolute Gasteiger partial charge is 0.247 e. The highest BCUT2D eigenvalue weighted by molar-refractivity contribution is 6.16. The molecule has 0 bridgehead atoms. The number of anilines is 2. The molecule has 1 fully saturated rings. The van der Waals surface area contributed by atoms with Gasteiger partial charge in [0.25, 0.3) is 0 Å². The summed E-state index contributed by atoms with van der Waals surface area (Å²) in [5.41, 5.74) is 0.326. The summed E-state index contributed by atoms with van der Waals surface area (Å²) in [6.07, 6.45) is 2.86. The summed E-state index contributed by atoms with van der Waals surface area (Å²) in [7, 11) is 0. The Labute approximate surface area is 221 Å². The molecule has 0 unspecified atom stereocenters. The van der Waals surface area contributed by atoms with Crippen LogP contribution in [0.25, 0.3) is 5.52 Å². The number of aliphatic hydroxyl groups is 1. The molecule has 10 nitrogen and oxygen atoms in total. The van der Waals surface area contributed by atoms with Gasteiger partial charge in [-0.15, -0.1) is 0 Å².